The Morgan fingerprint density at radius 3 is 2.24 bits per heavy atom. The molecule has 0 atom stereocenters. The minimum absolute atomic E-state index is 0.250. The molecule has 0 aliphatic carbocycles. The van der Waals surface area contributed by atoms with E-state index in [0.717, 1.165) is 8.95 Å². The lowest BCUT2D eigenvalue weighted by molar-refractivity contribution is 0.0995. The lowest BCUT2D eigenvalue weighted by Crippen LogP contribution is -2.11. The molecule has 1 amide bonds. The van der Waals surface area contributed by atoms with Crippen LogP contribution in [0.15, 0.2) is 48.4 Å². The van der Waals surface area contributed by atoms with E-state index in [-0.39, 0.29) is 11.7 Å². The second kappa shape index (κ2) is 5.37. The van der Waals surface area contributed by atoms with Crippen LogP contribution in [0.25, 0.3) is 0 Å². The zero-order chi connectivity index (χ0) is 12.4. The molecular weight excluding hydrogens is 418 g/mol. The molecule has 1 aromatic carbocycles. The van der Waals surface area contributed by atoms with E-state index in [1.807, 2.05) is 18.2 Å². The van der Waals surface area contributed by atoms with Gasteiger partial charge in [0.2, 0.25) is 0 Å². The van der Waals surface area contributed by atoms with Crippen molar-refractivity contribution in [1.82, 2.24) is 0 Å². The predicted octanol–water partition coefficient (Wildman–Crippen LogP) is 4.82. The number of amides is 1. The first kappa shape index (κ1) is 12.9. The quantitative estimate of drug-likeness (QED) is 0.752. The number of hydrogen-bond donors (Lipinski definition) is 1. The first-order valence-electron chi connectivity index (χ1n) is 4.58. The van der Waals surface area contributed by atoms with E-state index in [1.54, 1.807) is 12.1 Å². The van der Waals surface area contributed by atoms with Crippen LogP contribution in [-0.2, 0) is 0 Å². The average molecular weight is 424 g/mol. The summed E-state index contributed by atoms with van der Waals surface area (Å²) in [7, 11) is 0. The van der Waals surface area contributed by atoms with Gasteiger partial charge in [0.25, 0.3) is 5.91 Å². The van der Waals surface area contributed by atoms with Crippen molar-refractivity contribution < 1.29 is 9.21 Å². The summed E-state index contributed by atoms with van der Waals surface area (Å²) < 4.78 is 7.29. The van der Waals surface area contributed by atoms with Crippen molar-refractivity contribution >= 4 is 59.4 Å². The Balaban J connectivity index is 2.24. The highest BCUT2D eigenvalue weighted by atomic mass is 79.9. The number of rotatable bonds is 2. The van der Waals surface area contributed by atoms with E-state index in [9.17, 15) is 4.79 Å². The van der Waals surface area contributed by atoms with E-state index in [2.05, 4.69) is 53.1 Å². The van der Waals surface area contributed by atoms with Crippen LogP contribution in [-0.4, -0.2) is 5.91 Å². The number of anilines is 1. The van der Waals surface area contributed by atoms with Crippen molar-refractivity contribution in [3.63, 3.8) is 0 Å². The van der Waals surface area contributed by atoms with Crippen molar-refractivity contribution in [3.8, 4) is 0 Å². The van der Waals surface area contributed by atoms with Crippen molar-refractivity contribution in [1.29, 1.82) is 0 Å². The van der Waals surface area contributed by atoms with Gasteiger partial charge < -0.3 is 9.73 Å². The summed E-state index contributed by atoms with van der Waals surface area (Å²) in [5.74, 6) is -0.0529. The summed E-state index contributed by atoms with van der Waals surface area (Å²) >= 11 is 9.89. The first-order valence-corrected chi connectivity index (χ1v) is 6.96. The Morgan fingerprint density at radius 2 is 1.71 bits per heavy atom. The third kappa shape index (κ3) is 3.00. The van der Waals surface area contributed by atoms with Gasteiger partial charge in [-0.05, 0) is 72.1 Å². The standard InChI is InChI=1S/C11H6Br3NO2/c12-6-2-1-3-7(13)10(6)15-11(16)8-4-5-9(14)17-8/h1-5H,(H,15,16). The van der Waals surface area contributed by atoms with Crippen LogP contribution in [0.4, 0.5) is 5.69 Å². The third-order valence-electron chi connectivity index (χ3n) is 2.00. The Bertz CT molecular complexity index is 545. The van der Waals surface area contributed by atoms with E-state index >= 15 is 0 Å². The van der Waals surface area contributed by atoms with Crippen LogP contribution in [0, 0.1) is 0 Å². The van der Waals surface area contributed by atoms with Crippen LogP contribution >= 0.6 is 47.8 Å². The highest BCUT2D eigenvalue weighted by Gasteiger charge is 2.13. The number of benzene rings is 1. The molecule has 0 spiro atoms. The lowest BCUT2D eigenvalue weighted by Gasteiger charge is -2.07. The van der Waals surface area contributed by atoms with E-state index in [4.69, 9.17) is 4.42 Å². The van der Waals surface area contributed by atoms with Gasteiger partial charge >= 0.3 is 0 Å². The molecule has 0 aliphatic rings. The van der Waals surface area contributed by atoms with Gasteiger partial charge in [-0.25, -0.2) is 0 Å². The lowest BCUT2D eigenvalue weighted by atomic mass is 10.3. The maximum Gasteiger partial charge on any atom is 0.291 e. The van der Waals surface area contributed by atoms with Crippen LogP contribution in [0.1, 0.15) is 10.6 Å². The Morgan fingerprint density at radius 1 is 1.06 bits per heavy atom. The van der Waals surface area contributed by atoms with E-state index in [1.165, 1.54) is 0 Å². The Labute approximate surface area is 123 Å². The Kier molecular flexibility index (Phi) is 4.06. The molecule has 0 aliphatic heterocycles. The van der Waals surface area contributed by atoms with E-state index in [0.29, 0.717) is 10.4 Å². The SMILES string of the molecule is O=C(Nc1c(Br)cccc1Br)c1ccc(Br)o1. The highest BCUT2D eigenvalue weighted by Crippen LogP contribution is 2.31. The molecule has 0 unspecified atom stereocenters. The Hall–Kier alpha value is -0.590. The molecule has 3 nitrogen and oxygen atoms in total. The van der Waals surface area contributed by atoms with Gasteiger partial charge in [0.15, 0.2) is 10.4 Å². The smallest absolute Gasteiger partial charge is 0.291 e. The molecule has 0 saturated carbocycles. The molecule has 1 N–H and O–H groups in total. The summed E-state index contributed by atoms with van der Waals surface area (Å²) in [6, 6.07) is 8.83. The minimum atomic E-state index is -0.302. The average Bonchev–Trinajstić information content (AvgIpc) is 2.70. The molecule has 6 heteroatoms. The van der Waals surface area contributed by atoms with Crippen molar-refractivity contribution in [2.24, 2.45) is 0 Å². The van der Waals surface area contributed by atoms with Crippen molar-refractivity contribution in [3.05, 3.63) is 49.7 Å². The number of carbonyl (C=O) groups is 1. The number of halogens is 3. The fourth-order valence-corrected chi connectivity index (χ4v) is 2.73. The largest absolute Gasteiger partial charge is 0.444 e. The molecule has 2 aromatic rings. The number of carbonyl (C=O) groups excluding carboxylic acids is 1. The van der Waals surface area contributed by atoms with Gasteiger partial charge in [0, 0.05) is 8.95 Å². The van der Waals surface area contributed by atoms with Gasteiger partial charge in [-0.15, -0.1) is 0 Å². The van der Waals surface area contributed by atoms with Crippen LogP contribution in [0.3, 0.4) is 0 Å². The summed E-state index contributed by atoms with van der Waals surface area (Å²) in [5.41, 5.74) is 0.671. The molecule has 17 heavy (non-hydrogen) atoms. The van der Waals surface area contributed by atoms with Crippen molar-refractivity contribution in [2.45, 2.75) is 0 Å². The molecular formula is C11H6Br3NO2. The molecule has 1 aromatic heterocycles. The molecule has 1 heterocycles. The number of furan rings is 1. The minimum Gasteiger partial charge on any atom is -0.444 e. The molecule has 0 saturated heterocycles. The molecule has 88 valence electrons. The molecule has 0 fully saturated rings. The number of hydrogen-bond acceptors (Lipinski definition) is 2. The summed E-state index contributed by atoms with van der Waals surface area (Å²) in [5, 5.41) is 2.76. The fraction of sp³-hybridized carbons (Fsp3) is 0. The van der Waals surface area contributed by atoms with Crippen LogP contribution in [0.5, 0.6) is 0 Å². The second-order valence-corrected chi connectivity index (χ2v) is 5.64. The zero-order valence-electron chi connectivity index (χ0n) is 8.34. The maximum absolute atomic E-state index is 11.9. The third-order valence-corrected chi connectivity index (χ3v) is 3.75. The van der Waals surface area contributed by atoms with Crippen LogP contribution in [0.2, 0.25) is 0 Å². The van der Waals surface area contributed by atoms with Gasteiger partial charge in [-0.2, -0.15) is 0 Å². The summed E-state index contributed by atoms with van der Waals surface area (Å²) in [6.45, 7) is 0. The molecule has 2 rings (SSSR count). The van der Waals surface area contributed by atoms with Gasteiger partial charge in [0.1, 0.15) is 0 Å². The van der Waals surface area contributed by atoms with Gasteiger partial charge in [-0.3, -0.25) is 4.79 Å². The predicted molar refractivity (Wildman–Crippen MR) is 76.2 cm³/mol. The van der Waals surface area contributed by atoms with Gasteiger partial charge in [-0.1, -0.05) is 6.07 Å². The van der Waals surface area contributed by atoms with Crippen molar-refractivity contribution in [2.75, 3.05) is 5.32 Å². The zero-order valence-corrected chi connectivity index (χ0v) is 13.1. The number of para-hydroxylation sites is 1. The summed E-state index contributed by atoms with van der Waals surface area (Å²) in [4.78, 5) is 11.9. The van der Waals surface area contributed by atoms with E-state index < -0.39 is 0 Å². The fourth-order valence-electron chi connectivity index (χ4n) is 1.23. The number of nitrogens with one attached hydrogen (secondary N) is 1. The maximum atomic E-state index is 11.9. The normalized spacial score (nSPS) is 10.3. The topological polar surface area (TPSA) is 42.2 Å². The molecule has 0 bridgehead atoms. The van der Waals surface area contributed by atoms with Gasteiger partial charge in [0.05, 0.1) is 5.69 Å². The highest BCUT2D eigenvalue weighted by molar-refractivity contribution is 9.11. The second-order valence-electron chi connectivity index (χ2n) is 3.15. The summed E-state index contributed by atoms with van der Waals surface area (Å²) in [6.07, 6.45) is 0. The monoisotopic (exact) mass is 421 g/mol. The van der Waals surface area contributed by atoms with Crippen LogP contribution < -0.4 is 5.32 Å². The molecule has 0 radical (unpaired) electrons. The first-order chi connectivity index (χ1) is 8.08.